The van der Waals surface area contributed by atoms with Crippen LogP contribution in [0.3, 0.4) is 0 Å². The molecule has 0 saturated heterocycles. The highest BCUT2D eigenvalue weighted by Gasteiger charge is 2.28. The van der Waals surface area contributed by atoms with E-state index >= 15 is 0 Å². The van der Waals surface area contributed by atoms with Gasteiger partial charge in [-0.2, -0.15) is 0 Å². The summed E-state index contributed by atoms with van der Waals surface area (Å²) in [4.78, 5) is 8.30. The molecule has 4 rings (SSSR count). The third kappa shape index (κ3) is 2.13. The molecule has 1 saturated carbocycles. The van der Waals surface area contributed by atoms with E-state index in [2.05, 4.69) is 9.97 Å². The maximum Gasteiger partial charge on any atom is 0.149 e. The van der Waals surface area contributed by atoms with Gasteiger partial charge < -0.3 is 5.11 Å². The van der Waals surface area contributed by atoms with E-state index in [4.69, 9.17) is 0 Å². The number of halogens is 1. The number of hydrogen-bond donors (Lipinski definition) is 1. The zero-order chi connectivity index (χ0) is 14.4. The van der Waals surface area contributed by atoms with Gasteiger partial charge in [-0.05, 0) is 42.7 Å². The summed E-state index contributed by atoms with van der Waals surface area (Å²) >= 11 is 0. The summed E-state index contributed by atoms with van der Waals surface area (Å²) in [6, 6.07) is 8.93. The molecule has 0 amide bonds. The van der Waals surface area contributed by atoms with E-state index in [9.17, 15) is 9.50 Å². The zero-order valence-electron chi connectivity index (χ0n) is 11.3. The Balaban J connectivity index is 1.87. The minimum absolute atomic E-state index is 0.234. The molecule has 0 spiro atoms. The Labute approximate surface area is 121 Å². The van der Waals surface area contributed by atoms with Gasteiger partial charge in [0.05, 0.1) is 17.4 Å². The van der Waals surface area contributed by atoms with Crippen molar-refractivity contribution in [2.24, 2.45) is 0 Å². The lowest BCUT2D eigenvalue weighted by Gasteiger charge is -2.08. The molecule has 0 aliphatic heterocycles. The Morgan fingerprint density at radius 3 is 2.76 bits per heavy atom. The van der Waals surface area contributed by atoms with Crippen LogP contribution in [0.4, 0.5) is 4.39 Å². The van der Waals surface area contributed by atoms with Crippen LogP contribution in [-0.2, 0) is 0 Å². The molecule has 21 heavy (non-hydrogen) atoms. The van der Waals surface area contributed by atoms with Gasteiger partial charge in [-0.3, -0.25) is 4.98 Å². The predicted molar refractivity (Wildman–Crippen MR) is 78.6 cm³/mol. The first-order valence-electron chi connectivity index (χ1n) is 6.96. The van der Waals surface area contributed by atoms with Gasteiger partial charge in [0.2, 0.25) is 0 Å². The number of benzene rings is 1. The molecule has 0 atom stereocenters. The first kappa shape index (κ1) is 12.3. The molecule has 3 aromatic rings. The molecule has 2 heterocycles. The fourth-order valence-corrected chi connectivity index (χ4v) is 2.61. The smallest absolute Gasteiger partial charge is 0.149 e. The number of hydrogen-bond acceptors (Lipinski definition) is 3. The second-order valence-electron chi connectivity index (χ2n) is 5.43. The van der Waals surface area contributed by atoms with Crippen LogP contribution in [0.25, 0.3) is 22.0 Å². The van der Waals surface area contributed by atoms with E-state index < -0.39 is 0 Å². The molecule has 0 radical (unpaired) electrons. The first-order chi connectivity index (χ1) is 10.2. The number of aromatic nitrogens is 2. The summed E-state index contributed by atoms with van der Waals surface area (Å²) in [6.07, 6.45) is 4.94. The molecule has 1 fully saturated rings. The monoisotopic (exact) mass is 280 g/mol. The number of nitrogens with zero attached hydrogens (tertiary/aromatic N) is 2. The average molecular weight is 280 g/mol. The Morgan fingerprint density at radius 1 is 1.14 bits per heavy atom. The Hall–Kier alpha value is -2.49. The van der Waals surface area contributed by atoms with Crippen molar-refractivity contribution in [3.63, 3.8) is 0 Å². The van der Waals surface area contributed by atoms with Crippen LogP contribution in [0.1, 0.15) is 24.5 Å². The van der Waals surface area contributed by atoms with E-state index in [1.807, 2.05) is 18.2 Å². The van der Waals surface area contributed by atoms with Gasteiger partial charge >= 0.3 is 0 Å². The lowest BCUT2D eigenvalue weighted by molar-refractivity contribution is 0.465. The van der Waals surface area contributed by atoms with Crippen LogP contribution in [0, 0.1) is 5.82 Å². The molecule has 4 heteroatoms. The van der Waals surface area contributed by atoms with E-state index in [-0.39, 0.29) is 11.6 Å². The third-order valence-electron chi connectivity index (χ3n) is 3.87. The molecule has 1 aromatic carbocycles. The maximum absolute atomic E-state index is 13.8. The van der Waals surface area contributed by atoms with E-state index in [0.29, 0.717) is 11.5 Å². The highest BCUT2D eigenvalue weighted by atomic mass is 19.1. The second-order valence-corrected chi connectivity index (χ2v) is 5.43. The lowest BCUT2D eigenvalue weighted by Crippen LogP contribution is -1.90. The van der Waals surface area contributed by atoms with Crippen molar-refractivity contribution >= 4 is 10.9 Å². The minimum Gasteiger partial charge on any atom is -0.506 e. The zero-order valence-corrected chi connectivity index (χ0v) is 11.3. The van der Waals surface area contributed by atoms with E-state index in [1.54, 1.807) is 18.3 Å². The SMILES string of the molecule is Oc1cc2cc(-c3ccncc3F)ccc2nc1C1CC1. The quantitative estimate of drug-likeness (QED) is 0.771. The number of pyridine rings is 2. The Bertz CT molecular complexity index is 843. The molecule has 0 bridgehead atoms. The van der Waals surface area contributed by atoms with Gasteiger partial charge in [0.1, 0.15) is 11.6 Å². The molecule has 1 N–H and O–H groups in total. The normalized spacial score (nSPS) is 14.5. The average Bonchev–Trinajstić information content (AvgIpc) is 3.31. The third-order valence-corrected chi connectivity index (χ3v) is 3.87. The van der Waals surface area contributed by atoms with Crippen LogP contribution in [-0.4, -0.2) is 15.1 Å². The van der Waals surface area contributed by atoms with Crippen LogP contribution in [0.5, 0.6) is 5.75 Å². The number of fused-ring (bicyclic) bond motifs is 1. The van der Waals surface area contributed by atoms with E-state index in [0.717, 1.165) is 35.0 Å². The van der Waals surface area contributed by atoms with Gasteiger partial charge in [-0.25, -0.2) is 9.37 Å². The van der Waals surface area contributed by atoms with Crippen LogP contribution in [0.2, 0.25) is 0 Å². The lowest BCUT2D eigenvalue weighted by atomic mass is 10.0. The molecule has 0 unspecified atom stereocenters. The van der Waals surface area contributed by atoms with Crippen molar-refractivity contribution in [1.29, 1.82) is 0 Å². The number of aromatic hydroxyl groups is 1. The molecule has 1 aliphatic carbocycles. The van der Waals surface area contributed by atoms with Crippen molar-refractivity contribution in [2.75, 3.05) is 0 Å². The molecular weight excluding hydrogens is 267 g/mol. The summed E-state index contributed by atoms with van der Waals surface area (Å²) in [5, 5.41) is 10.9. The summed E-state index contributed by atoms with van der Waals surface area (Å²) in [6.45, 7) is 0. The second kappa shape index (κ2) is 4.52. The topological polar surface area (TPSA) is 46.0 Å². The highest BCUT2D eigenvalue weighted by Crippen LogP contribution is 2.43. The number of rotatable bonds is 2. The van der Waals surface area contributed by atoms with Gasteiger partial charge in [0.15, 0.2) is 0 Å². The van der Waals surface area contributed by atoms with E-state index in [1.165, 1.54) is 6.20 Å². The van der Waals surface area contributed by atoms with Crippen molar-refractivity contribution in [3.8, 4) is 16.9 Å². The summed E-state index contributed by atoms with van der Waals surface area (Å²) in [5.41, 5.74) is 2.86. The summed E-state index contributed by atoms with van der Waals surface area (Å²) < 4.78 is 13.8. The van der Waals surface area contributed by atoms with Crippen LogP contribution >= 0.6 is 0 Å². The minimum atomic E-state index is -0.358. The van der Waals surface area contributed by atoms with Crippen LogP contribution < -0.4 is 0 Å². The highest BCUT2D eigenvalue weighted by molar-refractivity contribution is 5.86. The molecule has 104 valence electrons. The van der Waals surface area contributed by atoms with Crippen molar-refractivity contribution in [2.45, 2.75) is 18.8 Å². The van der Waals surface area contributed by atoms with Gasteiger partial charge in [-0.15, -0.1) is 0 Å². The molecular formula is C17H13FN2O. The van der Waals surface area contributed by atoms with Gasteiger partial charge in [-0.1, -0.05) is 6.07 Å². The van der Waals surface area contributed by atoms with Crippen LogP contribution in [0.15, 0.2) is 42.7 Å². The Morgan fingerprint density at radius 2 is 2.00 bits per heavy atom. The van der Waals surface area contributed by atoms with Crippen molar-refractivity contribution in [3.05, 3.63) is 54.2 Å². The summed E-state index contributed by atoms with van der Waals surface area (Å²) in [5.74, 6) is 0.271. The predicted octanol–water partition coefficient (Wildman–Crippen LogP) is 4.02. The Kier molecular flexibility index (Phi) is 2.64. The van der Waals surface area contributed by atoms with Crippen molar-refractivity contribution < 1.29 is 9.50 Å². The molecule has 3 nitrogen and oxygen atoms in total. The molecule has 2 aromatic heterocycles. The summed E-state index contributed by atoms with van der Waals surface area (Å²) in [7, 11) is 0. The first-order valence-corrected chi connectivity index (χ1v) is 6.96. The largest absolute Gasteiger partial charge is 0.506 e. The fourth-order valence-electron chi connectivity index (χ4n) is 2.61. The standard InChI is InChI=1S/C17H13FN2O/c18-14-9-19-6-5-13(14)11-3-4-15-12(7-11)8-16(21)17(20-15)10-1-2-10/h3-10,21H,1-2H2. The fraction of sp³-hybridized carbons (Fsp3) is 0.176. The van der Waals surface area contributed by atoms with Gasteiger partial charge in [0, 0.05) is 23.1 Å². The maximum atomic E-state index is 13.8. The molecule has 1 aliphatic rings. The van der Waals surface area contributed by atoms with Gasteiger partial charge in [0.25, 0.3) is 0 Å². The van der Waals surface area contributed by atoms with Crippen molar-refractivity contribution in [1.82, 2.24) is 9.97 Å².